The van der Waals surface area contributed by atoms with Crippen molar-refractivity contribution in [2.45, 2.75) is 6.92 Å². The molecule has 0 aliphatic heterocycles. The summed E-state index contributed by atoms with van der Waals surface area (Å²) in [5, 5.41) is 1.07. The van der Waals surface area contributed by atoms with E-state index in [1.165, 1.54) is 0 Å². The molecule has 14 heavy (non-hydrogen) atoms. The van der Waals surface area contributed by atoms with Crippen LogP contribution < -0.4 is 5.43 Å². The Hall–Kier alpha value is -0.990. The lowest BCUT2D eigenvalue weighted by atomic mass is 10.2. The maximum absolute atomic E-state index is 11.7. The highest BCUT2D eigenvalue weighted by Crippen LogP contribution is 2.21. The molecule has 4 heteroatoms. The van der Waals surface area contributed by atoms with Crippen molar-refractivity contribution in [2.75, 3.05) is 0 Å². The average molecular weight is 228 g/mol. The van der Waals surface area contributed by atoms with Gasteiger partial charge in [0.05, 0.1) is 15.9 Å². The van der Waals surface area contributed by atoms with E-state index in [-0.39, 0.29) is 10.5 Å². The summed E-state index contributed by atoms with van der Waals surface area (Å²) in [7, 11) is 0. The number of fused-ring (bicyclic) bond motifs is 1. The summed E-state index contributed by atoms with van der Waals surface area (Å²) in [5.74, 6) is 0. The van der Waals surface area contributed by atoms with Crippen LogP contribution in [0.2, 0.25) is 10.0 Å². The first kappa shape index (κ1) is 9.56. The van der Waals surface area contributed by atoms with Gasteiger partial charge in [-0.05, 0) is 19.1 Å². The second-order valence-electron chi connectivity index (χ2n) is 3.06. The van der Waals surface area contributed by atoms with Gasteiger partial charge in [-0.2, -0.15) is 0 Å². The highest BCUT2D eigenvalue weighted by atomic mass is 35.5. The highest BCUT2D eigenvalue weighted by molar-refractivity contribution is 6.36. The zero-order valence-electron chi connectivity index (χ0n) is 7.40. The molecule has 2 aromatic rings. The Bertz CT molecular complexity index is 560. The summed E-state index contributed by atoms with van der Waals surface area (Å²) in [6.07, 6.45) is 0. The number of pyridine rings is 1. The Labute approximate surface area is 90.5 Å². The van der Waals surface area contributed by atoms with Crippen molar-refractivity contribution in [3.05, 3.63) is 44.2 Å². The number of hydrogen-bond acceptors (Lipinski definition) is 1. The van der Waals surface area contributed by atoms with Crippen LogP contribution in [0.15, 0.2) is 23.0 Å². The van der Waals surface area contributed by atoms with Gasteiger partial charge in [-0.3, -0.25) is 4.79 Å². The van der Waals surface area contributed by atoms with E-state index in [1.54, 1.807) is 25.1 Å². The Balaban J connectivity index is 3.07. The molecule has 2 nitrogen and oxygen atoms in total. The molecule has 0 aliphatic rings. The van der Waals surface area contributed by atoms with E-state index in [0.717, 1.165) is 0 Å². The third-order valence-corrected chi connectivity index (χ3v) is 2.86. The van der Waals surface area contributed by atoms with Crippen LogP contribution in [-0.2, 0) is 0 Å². The lowest BCUT2D eigenvalue weighted by Gasteiger charge is -2.03. The minimum atomic E-state index is -0.219. The summed E-state index contributed by atoms with van der Waals surface area (Å²) in [5.41, 5.74) is 1.15. The van der Waals surface area contributed by atoms with Crippen LogP contribution in [0.5, 0.6) is 0 Å². The van der Waals surface area contributed by atoms with Gasteiger partial charge in [0.1, 0.15) is 5.02 Å². The molecule has 1 N–H and O–H groups in total. The molecule has 0 radical (unpaired) electrons. The van der Waals surface area contributed by atoms with Gasteiger partial charge < -0.3 is 4.98 Å². The standard InChI is InChI=1S/C10H7Cl2NO/c1-5-9(12)10(14)8-6(11)3-2-4-7(8)13-5/h2-4H,1H3,(H,13,14). The van der Waals surface area contributed by atoms with Gasteiger partial charge >= 0.3 is 0 Å². The van der Waals surface area contributed by atoms with Gasteiger partial charge in [0.25, 0.3) is 0 Å². The van der Waals surface area contributed by atoms with Crippen molar-refractivity contribution >= 4 is 34.1 Å². The molecule has 0 spiro atoms. The van der Waals surface area contributed by atoms with Crippen LogP contribution in [-0.4, -0.2) is 4.98 Å². The van der Waals surface area contributed by atoms with Gasteiger partial charge in [-0.1, -0.05) is 29.3 Å². The van der Waals surface area contributed by atoms with Crippen LogP contribution in [0.3, 0.4) is 0 Å². The molecule has 0 aliphatic carbocycles. The van der Waals surface area contributed by atoms with Gasteiger partial charge in [-0.25, -0.2) is 0 Å². The number of halogens is 2. The number of aryl methyl sites for hydroxylation is 1. The van der Waals surface area contributed by atoms with Crippen molar-refractivity contribution in [1.29, 1.82) is 0 Å². The minimum absolute atomic E-state index is 0.200. The number of nitrogens with one attached hydrogen (secondary N) is 1. The molecule has 0 saturated heterocycles. The molecule has 72 valence electrons. The lowest BCUT2D eigenvalue weighted by molar-refractivity contribution is 1.24. The SMILES string of the molecule is Cc1[nH]c2cccc(Cl)c2c(=O)c1Cl. The molecule has 0 atom stereocenters. The summed E-state index contributed by atoms with van der Waals surface area (Å²) in [6.45, 7) is 1.75. The first-order chi connectivity index (χ1) is 6.61. The van der Waals surface area contributed by atoms with Crippen molar-refractivity contribution in [2.24, 2.45) is 0 Å². The molecule has 2 rings (SSSR count). The second kappa shape index (κ2) is 3.30. The highest BCUT2D eigenvalue weighted by Gasteiger charge is 2.08. The van der Waals surface area contributed by atoms with Crippen LogP contribution in [0.4, 0.5) is 0 Å². The van der Waals surface area contributed by atoms with Crippen molar-refractivity contribution in [1.82, 2.24) is 4.98 Å². The zero-order valence-corrected chi connectivity index (χ0v) is 8.91. The normalized spacial score (nSPS) is 10.8. The van der Waals surface area contributed by atoms with Crippen LogP contribution in [0.25, 0.3) is 10.9 Å². The van der Waals surface area contributed by atoms with Gasteiger partial charge in [0, 0.05) is 5.69 Å². The number of H-pyrrole nitrogens is 1. The van der Waals surface area contributed by atoms with Crippen molar-refractivity contribution < 1.29 is 0 Å². The molecule has 0 unspecified atom stereocenters. The predicted octanol–water partition coefficient (Wildman–Crippen LogP) is 3.14. The van der Waals surface area contributed by atoms with Crippen LogP contribution in [0.1, 0.15) is 5.69 Å². The Morgan fingerprint density at radius 3 is 2.71 bits per heavy atom. The summed E-state index contributed by atoms with van der Waals surface area (Å²) < 4.78 is 0. The zero-order chi connectivity index (χ0) is 10.3. The van der Waals surface area contributed by atoms with E-state index in [4.69, 9.17) is 23.2 Å². The number of aromatic amines is 1. The quantitative estimate of drug-likeness (QED) is 0.738. The average Bonchev–Trinajstić information content (AvgIpc) is 2.14. The van der Waals surface area contributed by atoms with E-state index in [2.05, 4.69) is 4.98 Å². The molecule has 0 amide bonds. The number of aromatic nitrogens is 1. The van der Waals surface area contributed by atoms with Gasteiger partial charge in [-0.15, -0.1) is 0 Å². The van der Waals surface area contributed by atoms with Crippen LogP contribution in [0, 0.1) is 6.92 Å². The molecule has 1 aromatic heterocycles. The Morgan fingerprint density at radius 1 is 1.29 bits per heavy atom. The van der Waals surface area contributed by atoms with E-state index in [0.29, 0.717) is 21.6 Å². The molecular formula is C10H7Cl2NO. The monoisotopic (exact) mass is 227 g/mol. The second-order valence-corrected chi connectivity index (χ2v) is 3.84. The number of rotatable bonds is 0. The fraction of sp³-hybridized carbons (Fsp3) is 0.100. The van der Waals surface area contributed by atoms with Crippen molar-refractivity contribution in [3.8, 4) is 0 Å². The van der Waals surface area contributed by atoms with E-state index >= 15 is 0 Å². The molecule has 0 bridgehead atoms. The maximum Gasteiger partial charge on any atom is 0.209 e. The Morgan fingerprint density at radius 2 is 2.00 bits per heavy atom. The third-order valence-electron chi connectivity index (χ3n) is 2.09. The Kier molecular flexibility index (Phi) is 2.25. The largest absolute Gasteiger partial charge is 0.357 e. The third kappa shape index (κ3) is 1.31. The summed E-state index contributed by atoms with van der Waals surface area (Å²) in [4.78, 5) is 14.8. The summed E-state index contributed by atoms with van der Waals surface area (Å²) >= 11 is 11.7. The number of hydrogen-bond donors (Lipinski definition) is 1. The number of benzene rings is 1. The molecule has 0 fully saturated rings. The molecule has 0 saturated carbocycles. The van der Waals surface area contributed by atoms with E-state index < -0.39 is 0 Å². The van der Waals surface area contributed by atoms with E-state index in [9.17, 15) is 4.79 Å². The minimum Gasteiger partial charge on any atom is -0.357 e. The smallest absolute Gasteiger partial charge is 0.209 e. The maximum atomic E-state index is 11.7. The predicted molar refractivity (Wildman–Crippen MR) is 59.3 cm³/mol. The first-order valence-electron chi connectivity index (χ1n) is 4.08. The fourth-order valence-electron chi connectivity index (χ4n) is 1.40. The van der Waals surface area contributed by atoms with Crippen molar-refractivity contribution in [3.63, 3.8) is 0 Å². The van der Waals surface area contributed by atoms with Crippen LogP contribution >= 0.6 is 23.2 Å². The summed E-state index contributed by atoms with van der Waals surface area (Å²) in [6, 6.07) is 5.25. The van der Waals surface area contributed by atoms with Gasteiger partial charge in [0.15, 0.2) is 0 Å². The molecule has 1 heterocycles. The fourth-order valence-corrected chi connectivity index (χ4v) is 1.80. The van der Waals surface area contributed by atoms with Gasteiger partial charge in [0.2, 0.25) is 5.43 Å². The van der Waals surface area contributed by atoms with E-state index in [1.807, 2.05) is 0 Å². The molecular weight excluding hydrogens is 221 g/mol. The first-order valence-corrected chi connectivity index (χ1v) is 4.83. The molecule has 1 aromatic carbocycles. The lowest BCUT2D eigenvalue weighted by Crippen LogP contribution is -2.06. The topological polar surface area (TPSA) is 32.9 Å².